The average Bonchev–Trinajstić information content (AvgIpc) is 2.70. The van der Waals surface area contributed by atoms with Crippen LogP contribution in [0.2, 0.25) is 0 Å². The predicted octanol–water partition coefficient (Wildman–Crippen LogP) is 2.60. The van der Waals surface area contributed by atoms with Crippen molar-refractivity contribution in [1.29, 1.82) is 0 Å². The Morgan fingerprint density at radius 3 is 2.55 bits per heavy atom. The largest absolute Gasteiger partial charge is 0.353 e. The van der Waals surface area contributed by atoms with E-state index in [9.17, 15) is 18.4 Å². The zero-order chi connectivity index (χ0) is 20.8. The normalized spacial score (nSPS) is 18.9. The summed E-state index contributed by atoms with van der Waals surface area (Å²) in [5.41, 5.74) is 1.56. The van der Waals surface area contributed by atoms with Crippen molar-refractivity contribution in [2.24, 2.45) is 5.92 Å². The van der Waals surface area contributed by atoms with Gasteiger partial charge in [-0.2, -0.15) is 0 Å². The van der Waals surface area contributed by atoms with Crippen molar-refractivity contribution < 1.29 is 18.4 Å². The summed E-state index contributed by atoms with van der Waals surface area (Å²) in [6.07, 6.45) is 5.74. The van der Waals surface area contributed by atoms with Gasteiger partial charge in [0.15, 0.2) is 0 Å². The number of halogens is 2. The van der Waals surface area contributed by atoms with Gasteiger partial charge >= 0.3 is 0 Å². The van der Waals surface area contributed by atoms with Crippen molar-refractivity contribution in [2.75, 3.05) is 0 Å². The molecule has 0 saturated heterocycles. The first-order valence-electron chi connectivity index (χ1n) is 9.69. The second-order valence-corrected chi connectivity index (χ2v) is 7.40. The molecular weight excluding hydrogens is 378 g/mol. The lowest BCUT2D eigenvalue weighted by atomic mass is 9.85. The summed E-state index contributed by atoms with van der Waals surface area (Å²) >= 11 is 0. The molecule has 2 amide bonds. The molecule has 0 bridgehead atoms. The molecule has 0 spiro atoms. The number of aryl methyl sites for hydroxylation is 1. The molecule has 1 saturated carbocycles. The summed E-state index contributed by atoms with van der Waals surface area (Å²) in [5, 5.41) is 5.74. The van der Waals surface area contributed by atoms with Crippen LogP contribution >= 0.6 is 0 Å². The maximum Gasteiger partial charge on any atom is 0.224 e. The van der Waals surface area contributed by atoms with Crippen LogP contribution in [0, 0.1) is 24.5 Å². The second kappa shape index (κ2) is 9.54. The first kappa shape index (κ1) is 20.8. The molecule has 0 atom stereocenters. The fraction of sp³-hybridized carbons (Fsp3) is 0.429. The number of hydrogen-bond acceptors (Lipinski definition) is 4. The van der Waals surface area contributed by atoms with E-state index >= 15 is 0 Å². The molecule has 1 aromatic heterocycles. The lowest BCUT2D eigenvalue weighted by molar-refractivity contribution is -0.126. The number of carbonyl (C=O) groups is 2. The Morgan fingerprint density at radius 1 is 1.10 bits per heavy atom. The number of rotatable bonds is 6. The molecule has 8 heteroatoms. The first-order valence-corrected chi connectivity index (χ1v) is 9.69. The molecule has 1 heterocycles. The third-order valence-corrected chi connectivity index (χ3v) is 5.10. The fourth-order valence-electron chi connectivity index (χ4n) is 3.46. The number of nitrogens with one attached hydrogen (secondary N) is 2. The van der Waals surface area contributed by atoms with Gasteiger partial charge in [-0.15, -0.1) is 0 Å². The van der Waals surface area contributed by atoms with Gasteiger partial charge in [0.25, 0.3) is 0 Å². The molecule has 2 N–H and O–H groups in total. The molecule has 3 rings (SSSR count). The Hall–Kier alpha value is -2.90. The van der Waals surface area contributed by atoms with E-state index in [1.807, 2.05) is 6.92 Å². The van der Waals surface area contributed by atoms with E-state index in [1.54, 1.807) is 12.4 Å². The van der Waals surface area contributed by atoms with Gasteiger partial charge in [0.1, 0.15) is 11.6 Å². The van der Waals surface area contributed by atoms with Crippen LogP contribution in [0.1, 0.15) is 42.6 Å². The van der Waals surface area contributed by atoms with Gasteiger partial charge in [-0.05, 0) is 50.8 Å². The average molecular weight is 402 g/mol. The summed E-state index contributed by atoms with van der Waals surface area (Å²) < 4.78 is 26.9. The highest BCUT2D eigenvalue weighted by molar-refractivity contribution is 5.80. The molecule has 1 aliphatic rings. The van der Waals surface area contributed by atoms with E-state index in [0.29, 0.717) is 37.9 Å². The van der Waals surface area contributed by atoms with E-state index < -0.39 is 11.6 Å². The summed E-state index contributed by atoms with van der Waals surface area (Å²) in [5.74, 6) is -1.65. The number of benzene rings is 1. The first-order chi connectivity index (χ1) is 13.9. The minimum atomic E-state index is -0.597. The van der Waals surface area contributed by atoms with Crippen LogP contribution < -0.4 is 10.6 Å². The lowest BCUT2D eigenvalue weighted by Gasteiger charge is -2.28. The summed E-state index contributed by atoms with van der Waals surface area (Å²) in [6.45, 7) is 2.18. The minimum Gasteiger partial charge on any atom is -0.353 e. The van der Waals surface area contributed by atoms with Gasteiger partial charge in [-0.1, -0.05) is 0 Å². The number of nitrogens with zero attached hydrogens (tertiary/aromatic N) is 2. The zero-order valence-electron chi connectivity index (χ0n) is 16.3. The quantitative estimate of drug-likeness (QED) is 0.778. The van der Waals surface area contributed by atoms with Gasteiger partial charge in [0, 0.05) is 23.7 Å². The van der Waals surface area contributed by atoms with Crippen molar-refractivity contribution in [3.8, 4) is 0 Å². The number of aromatic nitrogens is 2. The van der Waals surface area contributed by atoms with Gasteiger partial charge in [-0.25, -0.2) is 8.78 Å². The Labute approximate surface area is 168 Å². The third kappa shape index (κ3) is 6.04. The van der Waals surface area contributed by atoms with Crippen LogP contribution in [0.15, 0.2) is 30.6 Å². The molecule has 6 nitrogen and oxygen atoms in total. The molecule has 0 radical (unpaired) electrons. The van der Waals surface area contributed by atoms with Gasteiger partial charge in [0.05, 0.1) is 30.6 Å². The number of hydrogen-bond donors (Lipinski definition) is 2. The number of carbonyl (C=O) groups excluding carboxylic acids is 2. The van der Waals surface area contributed by atoms with Crippen LogP contribution in [0.3, 0.4) is 0 Å². The van der Waals surface area contributed by atoms with Crippen molar-refractivity contribution in [1.82, 2.24) is 20.6 Å². The van der Waals surface area contributed by atoms with Crippen LogP contribution in [-0.4, -0.2) is 27.8 Å². The van der Waals surface area contributed by atoms with E-state index in [2.05, 4.69) is 20.6 Å². The van der Waals surface area contributed by atoms with Crippen molar-refractivity contribution in [3.05, 3.63) is 59.2 Å². The smallest absolute Gasteiger partial charge is 0.224 e. The maximum atomic E-state index is 13.7. The molecule has 154 valence electrons. The molecule has 1 aromatic carbocycles. The van der Waals surface area contributed by atoms with Crippen LogP contribution in [0.5, 0.6) is 0 Å². The van der Waals surface area contributed by atoms with Crippen molar-refractivity contribution in [3.63, 3.8) is 0 Å². The third-order valence-electron chi connectivity index (χ3n) is 5.10. The molecular formula is C21H24F2N4O2. The highest BCUT2D eigenvalue weighted by atomic mass is 19.1. The molecule has 1 fully saturated rings. The van der Waals surface area contributed by atoms with Crippen molar-refractivity contribution in [2.45, 2.75) is 51.6 Å². The second-order valence-electron chi connectivity index (χ2n) is 7.40. The number of amides is 2. The highest BCUT2D eigenvalue weighted by Gasteiger charge is 2.27. The van der Waals surface area contributed by atoms with Gasteiger partial charge in [-0.3, -0.25) is 19.6 Å². The van der Waals surface area contributed by atoms with E-state index in [0.717, 1.165) is 23.9 Å². The Kier molecular flexibility index (Phi) is 6.85. The summed E-state index contributed by atoms with van der Waals surface area (Å²) in [6, 6.07) is 3.01. The topological polar surface area (TPSA) is 84.0 Å². The highest BCUT2D eigenvalue weighted by Crippen LogP contribution is 2.24. The molecule has 2 aromatic rings. The summed E-state index contributed by atoms with van der Waals surface area (Å²) in [4.78, 5) is 32.9. The van der Waals surface area contributed by atoms with Gasteiger partial charge in [0.2, 0.25) is 11.8 Å². The monoisotopic (exact) mass is 402 g/mol. The van der Waals surface area contributed by atoms with Gasteiger partial charge < -0.3 is 10.6 Å². The van der Waals surface area contributed by atoms with Crippen molar-refractivity contribution >= 4 is 11.8 Å². The molecule has 0 unspecified atom stereocenters. The fourth-order valence-corrected chi connectivity index (χ4v) is 3.46. The lowest BCUT2D eigenvalue weighted by Crippen LogP contribution is -2.41. The van der Waals surface area contributed by atoms with Crippen LogP contribution in [0.25, 0.3) is 0 Å². The van der Waals surface area contributed by atoms with E-state index in [-0.39, 0.29) is 35.8 Å². The molecule has 0 aliphatic heterocycles. The standard InChI is InChI=1S/C21H24F2N4O2/c1-13-10-25-18(11-24-13)12-26-21(29)14-2-5-17(6-3-14)27-20(28)9-15-8-16(22)4-7-19(15)23/h4,7-8,10-11,14,17H,2-3,5-6,9,12H2,1H3,(H,26,29)(H,27,28). The predicted molar refractivity (Wildman–Crippen MR) is 103 cm³/mol. The Bertz CT molecular complexity index is 865. The summed E-state index contributed by atoms with van der Waals surface area (Å²) in [7, 11) is 0. The molecule has 29 heavy (non-hydrogen) atoms. The maximum absolute atomic E-state index is 13.7. The minimum absolute atomic E-state index is 0.0287. The zero-order valence-corrected chi connectivity index (χ0v) is 16.3. The van der Waals surface area contributed by atoms with E-state index in [4.69, 9.17) is 0 Å². The van der Waals surface area contributed by atoms with E-state index in [1.165, 1.54) is 0 Å². The SMILES string of the molecule is Cc1cnc(CNC(=O)C2CCC(NC(=O)Cc3cc(F)ccc3F)CC2)cn1. The Morgan fingerprint density at radius 2 is 1.86 bits per heavy atom. The Balaban J connectivity index is 1.41. The molecule has 1 aliphatic carbocycles. The van der Waals surface area contributed by atoms with Crippen LogP contribution in [-0.2, 0) is 22.6 Å². The van der Waals surface area contributed by atoms with Crippen LogP contribution in [0.4, 0.5) is 8.78 Å².